The smallest absolute Gasteiger partial charge is 0.242 e. The Morgan fingerprint density at radius 2 is 2.38 bits per heavy atom. The molecule has 2 aliphatic heterocycles. The van der Waals surface area contributed by atoms with Gasteiger partial charge in [-0.3, -0.25) is 4.79 Å². The van der Waals surface area contributed by atoms with Crippen LogP contribution in [-0.4, -0.2) is 47.7 Å². The molecule has 2 rings (SSSR count). The minimum atomic E-state index is -0.359. The highest BCUT2D eigenvalue weighted by atomic mass is 16.3. The van der Waals surface area contributed by atoms with Crippen LogP contribution in [0.25, 0.3) is 0 Å². The van der Waals surface area contributed by atoms with Crippen molar-refractivity contribution in [2.24, 2.45) is 5.92 Å². The lowest BCUT2D eigenvalue weighted by Gasteiger charge is -2.36. The van der Waals surface area contributed by atoms with Crippen LogP contribution in [0.15, 0.2) is 0 Å². The summed E-state index contributed by atoms with van der Waals surface area (Å²) in [5.41, 5.74) is -0.359. The Kier molecular flexibility index (Phi) is 3.50. The lowest BCUT2D eigenvalue weighted by atomic mass is 9.89. The maximum Gasteiger partial charge on any atom is 0.242 e. The van der Waals surface area contributed by atoms with E-state index in [9.17, 15) is 4.79 Å². The number of hydrogen-bond acceptors (Lipinski definition) is 3. The number of nitrogens with one attached hydrogen (secondary N) is 1. The zero-order valence-electron chi connectivity index (χ0n) is 10.0. The van der Waals surface area contributed by atoms with Gasteiger partial charge in [-0.1, -0.05) is 0 Å². The van der Waals surface area contributed by atoms with E-state index in [4.69, 9.17) is 5.11 Å². The summed E-state index contributed by atoms with van der Waals surface area (Å²) in [5, 5.41) is 12.4. The number of likely N-dealkylation sites (tertiary alicyclic amines) is 1. The molecule has 1 amide bonds. The highest BCUT2D eigenvalue weighted by Crippen LogP contribution is 2.25. The molecule has 0 saturated carbocycles. The Balaban J connectivity index is 1.96. The van der Waals surface area contributed by atoms with Crippen LogP contribution < -0.4 is 5.32 Å². The van der Waals surface area contributed by atoms with Crippen LogP contribution in [0, 0.1) is 5.92 Å². The lowest BCUT2D eigenvalue weighted by Crippen LogP contribution is -2.57. The van der Waals surface area contributed by atoms with Gasteiger partial charge in [0.2, 0.25) is 5.91 Å². The number of nitrogens with zero attached hydrogens (tertiary/aromatic N) is 1. The first-order valence-corrected chi connectivity index (χ1v) is 6.31. The second-order valence-electron chi connectivity index (χ2n) is 5.30. The SMILES string of the molecule is CC1(C(=O)N2CCC(CO)C2)CCCCN1. The Labute approximate surface area is 97.0 Å². The fraction of sp³-hybridized carbons (Fsp3) is 0.917. The first-order chi connectivity index (χ1) is 7.65. The second-order valence-corrected chi connectivity index (χ2v) is 5.30. The van der Waals surface area contributed by atoms with Crippen molar-refractivity contribution >= 4 is 5.91 Å². The summed E-state index contributed by atoms with van der Waals surface area (Å²) in [6.07, 6.45) is 4.18. The quantitative estimate of drug-likeness (QED) is 0.715. The van der Waals surface area contributed by atoms with E-state index in [1.807, 2.05) is 11.8 Å². The fourth-order valence-electron chi connectivity index (χ4n) is 2.75. The largest absolute Gasteiger partial charge is 0.396 e. The number of carbonyl (C=O) groups excluding carboxylic acids is 1. The predicted octanol–water partition coefficient (Wildman–Crippen LogP) is 0.359. The summed E-state index contributed by atoms with van der Waals surface area (Å²) < 4.78 is 0. The summed E-state index contributed by atoms with van der Waals surface area (Å²) in [6.45, 7) is 4.70. The molecule has 2 N–H and O–H groups in total. The van der Waals surface area contributed by atoms with E-state index < -0.39 is 0 Å². The van der Waals surface area contributed by atoms with Crippen LogP contribution in [0.3, 0.4) is 0 Å². The van der Waals surface area contributed by atoms with E-state index in [1.165, 1.54) is 6.42 Å². The van der Waals surface area contributed by atoms with Gasteiger partial charge in [0.15, 0.2) is 0 Å². The molecule has 0 aromatic heterocycles. The van der Waals surface area contributed by atoms with E-state index in [2.05, 4.69) is 5.32 Å². The molecule has 2 aliphatic rings. The van der Waals surface area contributed by atoms with Crippen molar-refractivity contribution in [3.05, 3.63) is 0 Å². The number of rotatable bonds is 2. The van der Waals surface area contributed by atoms with Gasteiger partial charge in [0.1, 0.15) is 0 Å². The molecule has 4 nitrogen and oxygen atoms in total. The number of aliphatic hydroxyl groups excluding tert-OH is 1. The summed E-state index contributed by atoms with van der Waals surface area (Å²) in [7, 11) is 0. The molecular weight excluding hydrogens is 204 g/mol. The van der Waals surface area contributed by atoms with Crippen molar-refractivity contribution in [3.8, 4) is 0 Å². The van der Waals surface area contributed by atoms with Gasteiger partial charge in [-0.15, -0.1) is 0 Å². The van der Waals surface area contributed by atoms with Crippen molar-refractivity contribution in [2.75, 3.05) is 26.2 Å². The summed E-state index contributed by atoms with van der Waals surface area (Å²) >= 11 is 0. The number of amides is 1. The number of carbonyl (C=O) groups is 1. The van der Waals surface area contributed by atoms with Gasteiger partial charge in [-0.05, 0) is 39.2 Å². The van der Waals surface area contributed by atoms with Crippen LogP contribution in [0.2, 0.25) is 0 Å². The highest BCUT2D eigenvalue weighted by molar-refractivity contribution is 5.86. The van der Waals surface area contributed by atoms with Crippen LogP contribution >= 0.6 is 0 Å². The number of hydrogen-bond donors (Lipinski definition) is 2. The van der Waals surface area contributed by atoms with Gasteiger partial charge in [0.25, 0.3) is 0 Å². The van der Waals surface area contributed by atoms with Crippen LogP contribution in [0.1, 0.15) is 32.6 Å². The van der Waals surface area contributed by atoms with Gasteiger partial charge in [-0.2, -0.15) is 0 Å². The van der Waals surface area contributed by atoms with Gasteiger partial charge >= 0.3 is 0 Å². The van der Waals surface area contributed by atoms with Crippen molar-refractivity contribution in [1.29, 1.82) is 0 Å². The van der Waals surface area contributed by atoms with Crippen molar-refractivity contribution in [2.45, 2.75) is 38.1 Å². The second kappa shape index (κ2) is 4.72. The lowest BCUT2D eigenvalue weighted by molar-refractivity contribution is -0.137. The van der Waals surface area contributed by atoms with Crippen molar-refractivity contribution in [3.63, 3.8) is 0 Å². The van der Waals surface area contributed by atoms with E-state index in [-0.39, 0.29) is 24.0 Å². The molecule has 0 aromatic rings. The molecule has 0 aromatic carbocycles. The third-order valence-corrected chi connectivity index (χ3v) is 3.92. The molecule has 2 heterocycles. The number of piperidine rings is 1. The summed E-state index contributed by atoms with van der Waals surface area (Å²) in [4.78, 5) is 14.3. The maximum atomic E-state index is 12.4. The Morgan fingerprint density at radius 3 is 2.94 bits per heavy atom. The molecule has 0 aliphatic carbocycles. The zero-order chi connectivity index (χ0) is 11.6. The molecule has 16 heavy (non-hydrogen) atoms. The normalized spacial score (nSPS) is 35.4. The van der Waals surface area contributed by atoms with Crippen LogP contribution in [0.4, 0.5) is 0 Å². The molecule has 2 atom stereocenters. The standard InChI is InChI=1S/C12H22N2O2/c1-12(5-2-3-6-13-12)11(16)14-7-4-10(8-14)9-15/h10,13,15H,2-9H2,1H3. The molecule has 2 unspecified atom stereocenters. The molecular formula is C12H22N2O2. The molecule has 0 bridgehead atoms. The highest BCUT2D eigenvalue weighted by Gasteiger charge is 2.39. The van der Waals surface area contributed by atoms with E-state index in [0.717, 1.165) is 38.9 Å². The molecule has 2 fully saturated rings. The van der Waals surface area contributed by atoms with Crippen molar-refractivity contribution < 1.29 is 9.90 Å². The first kappa shape index (κ1) is 11.9. The van der Waals surface area contributed by atoms with Crippen LogP contribution in [0.5, 0.6) is 0 Å². The van der Waals surface area contributed by atoms with Crippen molar-refractivity contribution in [1.82, 2.24) is 10.2 Å². The molecule has 0 spiro atoms. The predicted molar refractivity (Wildman–Crippen MR) is 62.0 cm³/mol. The van der Waals surface area contributed by atoms with E-state index in [1.54, 1.807) is 0 Å². The minimum Gasteiger partial charge on any atom is -0.396 e. The average Bonchev–Trinajstić information content (AvgIpc) is 2.77. The molecule has 0 radical (unpaired) electrons. The van der Waals surface area contributed by atoms with E-state index in [0.29, 0.717) is 0 Å². The topological polar surface area (TPSA) is 52.6 Å². The maximum absolute atomic E-state index is 12.4. The third-order valence-electron chi connectivity index (χ3n) is 3.92. The van der Waals surface area contributed by atoms with Crippen LogP contribution in [-0.2, 0) is 4.79 Å². The van der Waals surface area contributed by atoms with Gasteiger partial charge in [0, 0.05) is 25.6 Å². The van der Waals surface area contributed by atoms with E-state index >= 15 is 0 Å². The number of aliphatic hydroxyl groups is 1. The third kappa shape index (κ3) is 2.23. The van der Waals surface area contributed by atoms with Gasteiger partial charge in [-0.25, -0.2) is 0 Å². The summed E-state index contributed by atoms with van der Waals surface area (Å²) in [6, 6.07) is 0. The monoisotopic (exact) mass is 226 g/mol. The Bertz CT molecular complexity index is 262. The first-order valence-electron chi connectivity index (χ1n) is 6.31. The molecule has 92 valence electrons. The molecule has 2 saturated heterocycles. The minimum absolute atomic E-state index is 0.202. The average molecular weight is 226 g/mol. The fourth-order valence-corrected chi connectivity index (χ4v) is 2.75. The Morgan fingerprint density at radius 1 is 1.56 bits per heavy atom. The Hall–Kier alpha value is -0.610. The van der Waals surface area contributed by atoms with Gasteiger partial charge in [0.05, 0.1) is 5.54 Å². The molecule has 4 heteroatoms. The van der Waals surface area contributed by atoms with Gasteiger partial charge < -0.3 is 15.3 Å². The summed E-state index contributed by atoms with van der Waals surface area (Å²) in [5.74, 6) is 0.513. The zero-order valence-corrected chi connectivity index (χ0v) is 10.0.